The van der Waals surface area contributed by atoms with Gasteiger partial charge in [-0.1, -0.05) is 51.1 Å². The molecule has 9 nitrogen and oxygen atoms in total. The SMILES string of the molecule is CC(=O)OC(C)C(=O)N(CCCNC(=O)OC(C)(C)C)C(c1nn(-c2cc(F)ccc2F)cc1Cc1ccccc1)C(C)(C)C. The number of halogens is 2. The van der Waals surface area contributed by atoms with Gasteiger partial charge in [-0.15, -0.1) is 0 Å². The van der Waals surface area contributed by atoms with Crippen LogP contribution in [-0.4, -0.2) is 57.4 Å². The lowest BCUT2D eigenvalue weighted by Gasteiger charge is -2.41. The zero-order valence-electron chi connectivity index (χ0n) is 27.3. The molecule has 2 unspecified atom stereocenters. The van der Waals surface area contributed by atoms with Crippen LogP contribution in [0.25, 0.3) is 5.69 Å². The monoisotopic (exact) mass is 626 g/mol. The summed E-state index contributed by atoms with van der Waals surface area (Å²) in [5.41, 5.74) is 0.773. The van der Waals surface area contributed by atoms with Crippen LogP contribution in [0.5, 0.6) is 0 Å². The Balaban J connectivity index is 2.10. The number of carbonyl (C=O) groups excluding carboxylic acids is 3. The molecule has 0 saturated heterocycles. The second kappa shape index (κ2) is 14.7. The highest BCUT2D eigenvalue weighted by Crippen LogP contribution is 2.40. The number of esters is 1. The van der Waals surface area contributed by atoms with Gasteiger partial charge in [0.2, 0.25) is 0 Å². The van der Waals surface area contributed by atoms with Crippen LogP contribution >= 0.6 is 0 Å². The summed E-state index contributed by atoms with van der Waals surface area (Å²) in [5, 5.41) is 7.50. The maximum atomic E-state index is 15.0. The molecule has 0 aliphatic heterocycles. The van der Waals surface area contributed by atoms with Gasteiger partial charge in [0.05, 0.1) is 11.7 Å². The predicted octanol–water partition coefficient (Wildman–Crippen LogP) is 6.52. The third-order valence-corrected chi connectivity index (χ3v) is 6.82. The van der Waals surface area contributed by atoms with E-state index in [1.165, 1.54) is 18.5 Å². The zero-order valence-corrected chi connectivity index (χ0v) is 27.3. The molecule has 3 rings (SSSR count). The van der Waals surface area contributed by atoms with Crippen molar-refractivity contribution in [2.45, 2.75) is 86.0 Å². The average Bonchev–Trinajstić information content (AvgIpc) is 3.32. The number of carbonyl (C=O) groups is 3. The lowest BCUT2D eigenvalue weighted by Crippen LogP contribution is -2.47. The van der Waals surface area contributed by atoms with E-state index in [4.69, 9.17) is 14.6 Å². The number of amides is 2. The van der Waals surface area contributed by atoms with Crippen LogP contribution in [0, 0.1) is 17.0 Å². The summed E-state index contributed by atoms with van der Waals surface area (Å²) in [4.78, 5) is 39.6. The molecule has 2 amide bonds. The molecule has 1 N–H and O–H groups in total. The number of alkyl carbamates (subject to hydrolysis) is 1. The minimum absolute atomic E-state index is 0.0732. The van der Waals surface area contributed by atoms with Crippen LogP contribution in [0.3, 0.4) is 0 Å². The Morgan fingerprint density at radius 1 is 1.02 bits per heavy atom. The van der Waals surface area contributed by atoms with E-state index in [1.54, 1.807) is 31.9 Å². The maximum Gasteiger partial charge on any atom is 0.407 e. The molecule has 11 heteroatoms. The third-order valence-electron chi connectivity index (χ3n) is 6.82. The van der Waals surface area contributed by atoms with Crippen molar-refractivity contribution >= 4 is 18.0 Å². The highest BCUT2D eigenvalue weighted by atomic mass is 19.1. The van der Waals surface area contributed by atoms with Crippen LogP contribution < -0.4 is 5.32 Å². The molecule has 1 aromatic heterocycles. The number of aromatic nitrogens is 2. The molecule has 2 aromatic carbocycles. The third kappa shape index (κ3) is 10.1. The van der Waals surface area contributed by atoms with Crippen LogP contribution in [0.15, 0.2) is 54.7 Å². The minimum Gasteiger partial charge on any atom is -0.453 e. The summed E-state index contributed by atoms with van der Waals surface area (Å²) >= 11 is 0. The molecule has 0 spiro atoms. The number of hydrogen-bond acceptors (Lipinski definition) is 6. The van der Waals surface area contributed by atoms with Gasteiger partial charge >= 0.3 is 12.1 Å². The first-order valence-corrected chi connectivity index (χ1v) is 15.0. The van der Waals surface area contributed by atoms with Crippen molar-refractivity contribution in [2.75, 3.05) is 13.1 Å². The van der Waals surface area contributed by atoms with Gasteiger partial charge in [0, 0.05) is 44.3 Å². The topological polar surface area (TPSA) is 103 Å². The number of benzene rings is 2. The summed E-state index contributed by atoms with van der Waals surface area (Å²) in [6.45, 7) is 14.2. The van der Waals surface area contributed by atoms with Crippen LogP contribution in [0.2, 0.25) is 0 Å². The molecule has 0 fully saturated rings. The Morgan fingerprint density at radius 2 is 1.69 bits per heavy atom. The molecule has 1 heterocycles. The normalized spacial score (nSPS) is 13.1. The van der Waals surface area contributed by atoms with Gasteiger partial charge in [0.15, 0.2) is 6.10 Å². The minimum atomic E-state index is -1.11. The van der Waals surface area contributed by atoms with Crippen LogP contribution in [0.4, 0.5) is 13.6 Å². The summed E-state index contributed by atoms with van der Waals surface area (Å²) < 4.78 is 41.1. The van der Waals surface area contributed by atoms with Gasteiger partial charge in [-0.05, 0) is 57.2 Å². The lowest BCUT2D eigenvalue weighted by atomic mass is 9.81. The van der Waals surface area contributed by atoms with Crippen molar-refractivity contribution in [1.82, 2.24) is 20.0 Å². The van der Waals surface area contributed by atoms with Crippen molar-refractivity contribution in [3.05, 3.63) is 83.2 Å². The summed E-state index contributed by atoms with van der Waals surface area (Å²) in [6.07, 6.45) is 0.716. The first-order valence-electron chi connectivity index (χ1n) is 15.0. The fourth-order valence-electron chi connectivity index (χ4n) is 5.07. The van der Waals surface area contributed by atoms with E-state index < -0.39 is 52.8 Å². The Hall–Kier alpha value is -4.28. The maximum absolute atomic E-state index is 15.0. The highest BCUT2D eigenvalue weighted by molar-refractivity contribution is 5.83. The largest absolute Gasteiger partial charge is 0.453 e. The van der Waals surface area contributed by atoms with Crippen LogP contribution in [-0.2, 0) is 25.5 Å². The first-order chi connectivity index (χ1) is 21.0. The average molecular weight is 627 g/mol. The van der Waals surface area contributed by atoms with E-state index in [1.807, 2.05) is 51.1 Å². The van der Waals surface area contributed by atoms with Crippen molar-refractivity contribution in [3.8, 4) is 5.69 Å². The van der Waals surface area contributed by atoms with Crippen molar-refractivity contribution < 1.29 is 32.6 Å². The Labute approximate surface area is 263 Å². The second-order valence-corrected chi connectivity index (χ2v) is 13.1. The molecule has 45 heavy (non-hydrogen) atoms. The number of nitrogens with one attached hydrogen (secondary N) is 1. The molecule has 0 aliphatic rings. The highest BCUT2D eigenvalue weighted by Gasteiger charge is 2.40. The molecule has 0 saturated carbocycles. The molecule has 3 aromatic rings. The molecule has 244 valence electrons. The summed E-state index contributed by atoms with van der Waals surface area (Å²) in [6, 6.07) is 12.1. The van der Waals surface area contributed by atoms with E-state index in [0.717, 1.165) is 23.8 Å². The molecule has 2 atom stereocenters. The van der Waals surface area contributed by atoms with Gasteiger partial charge in [-0.2, -0.15) is 5.10 Å². The van der Waals surface area contributed by atoms with Gasteiger partial charge in [0.25, 0.3) is 5.91 Å². The molecule has 0 aliphatic carbocycles. The smallest absolute Gasteiger partial charge is 0.407 e. The van der Waals surface area contributed by atoms with Gasteiger partial charge < -0.3 is 19.7 Å². The lowest BCUT2D eigenvalue weighted by molar-refractivity contribution is -0.160. The number of hydrogen-bond donors (Lipinski definition) is 1. The van der Waals surface area contributed by atoms with E-state index in [-0.39, 0.29) is 18.8 Å². The second-order valence-electron chi connectivity index (χ2n) is 13.1. The zero-order chi connectivity index (χ0) is 33.5. The van der Waals surface area contributed by atoms with Gasteiger partial charge in [0.1, 0.15) is 22.9 Å². The standard InChI is InChI=1S/C34H44F2N4O5/c1-22(44-23(2)41)31(42)39(18-12-17-37-32(43)45-34(6,7)8)30(33(3,4)5)29-25(19-24-13-10-9-11-14-24)21-40(38-29)28-20-26(35)15-16-27(28)36/h9-11,13-16,20-22,30H,12,17-19H2,1-8H3,(H,37,43). The summed E-state index contributed by atoms with van der Waals surface area (Å²) in [7, 11) is 0. The van der Waals surface area contributed by atoms with E-state index in [0.29, 0.717) is 24.1 Å². The molecule has 0 radical (unpaired) electrons. The van der Waals surface area contributed by atoms with Gasteiger partial charge in [-0.3, -0.25) is 9.59 Å². The fourth-order valence-corrected chi connectivity index (χ4v) is 5.07. The van der Waals surface area contributed by atoms with Crippen molar-refractivity contribution in [3.63, 3.8) is 0 Å². The van der Waals surface area contributed by atoms with Gasteiger partial charge in [-0.25, -0.2) is 18.3 Å². The van der Waals surface area contributed by atoms with Crippen molar-refractivity contribution in [1.29, 1.82) is 0 Å². The number of nitrogens with zero attached hydrogens (tertiary/aromatic N) is 3. The van der Waals surface area contributed by atoms with E-state index in [9.17, 15) is 23.2 Å². The molecular weight excluding hydrogens is 582 g/mol. The summed E-state index contributed by atoms with van der Waals surface area (Å²) in [5.74, 6) is -2.34. The molecule has 0 bridgehead atoms. The predicted molar refractivity (Wildman–Crippen MR) is 167 cm³/mol. The van der Waals surface area contributed by atoms with E-state index >= 15 is 0 Å². The van der Waals surface area contributed by atoms with Crippen LogP contribution in [0.1, 0.15) is 84.7 Å². The van der Waals surface area contributed by atoms with E-state index in [2.05, 4.69) is 5.32 Å². The Bertz CT molecular complexity index is 1480. The fraction of sp³-hybridized carbons (Fsp3) is 0.471. The Morgan fingerprint density at radius 3 is 2.29 bits per heavy atom. The van der Waals surface area contributed by atoms with Crippen molar-refractivity contribution in [2.24, 2.45) is 5.41 Å². The Kier molecular flexibility index (Phi) is 11.5. The number of ether oxygens (including phenoxy) is 2. The number of rotatable bonds is 11. The quantitative estimate of drug-likeness (QED) is 0.192. The first kappa shape index (κ1) is 35.2. The molecular formula is C34H44F2N4O5.